The van der Waals surface area contributed by atoms with E-state index in [0.717, 1.165) is 6.42 Å². The molecule has 0 saturated carbocycles. The summed E-state index contributed by atoms with van der Waals surface area (Å²) in [6.07, 6.45) is 3.70. The lowest BCUT2D eigenvalue weighted by molar-refractivity contribution is -0.154. The fourth-order valence-corrected chi connectivity index (χ4v) is 3.50. The minimum Gasteiger partial charge on any atom is -0.460 e. The number of aldehydes is 1. The third-order valence-corrected chi connectivity index (χ3v) is 5.10. The summed E-state index contributed by atoms with van der Waals surface area (Å²) < 4.78 is 29.9. The molecule has 1 atom stereocenters. The second-order valence-electron chi connectivity index (χ2n) is 9.66. The van der Waals surface area contributed by atoms with Crippen molar-refractivity contribution in [2.24, 2.45) is 0 Å². The highest BCUT2D eigenvalue weighted by molar-refractivity contribution is 6.09. The average Bonchev–Trinajstić information content (AvgIpc) is 3.13. The summed E-state index contributed by atoms with van der Waals surface area (Å²) in [5.74, 6) is -3.12. The van der Waals surface area contributed by atoms with Gasteiger partial charge in [0, 0.05) is 24.4 Å². The largest absolute Gasteiger partial charge is 0.460 e. The number of fused-ring (bicyclic) bond motifs is 1. The van der Waals surface area contributed by atoms with E-state index in [1.807, 2.05) is 33.8 Å². The minimum absolute atomic E-state index is 0.0467. The number of hydrogen-bond acceptors (Lipinski definition) is 8. The molecule has 2 heterocycles. The molecule has 1 unspecified atom stereocenters. The summed E-state index contributed by atoms with van der Waals surface area (Å²) in [4.78, 5) is 49.1. The Hall–Kier alpha value is -3.98. The number of nitrogens with zero attached hydrogens (tertiary/aromatic N) is 3. The van der Waals surface area contributed by atoms with Crippen LogP contribution >= 0.6 is 0 Å². The highest BCUT2D eigenvalue weighted by Crippen LogP contribution is 2.30. The monoisotopic (exact) mass is 547 g/mol. The maximum absolute atomic E-state index is 12.4. The van der Waals surface area contributed by atoms with Gasteiger partial charge in [-0.2, -0.15) is 5.26 Å². The van der Waals surface area contributed by atoms with Crippen LogP contribution in [0, 0.1) is 11.3 Å². The zero-order valence-corrected chi connectivity index (χ0v) is 22.8. The van der Waals surface area contributed by atoms with Gasteiger partial charge in [0.1, 0.15) is 17.9 Å². The molecular weight excluding hydrogens is 512 g/mol. The number of alkyl halides is 2. The lowest BCUT2D eigenvalue weighted by atomic mass is 10.1. The Balaban J connectivity index is 0.000000323. The second-order valence-corrected chi connectivity index (χ2v) is 9.66. The van der Waals surface area contributed by atoms with Crippen molar-refractivity contribution in [1.82, 2.24) is 15.2 Å². The summed E-state index contributed by atoms with van der Waals surface area (Å²) in [7, 11) is 1.54. The number of pyridine rings is 1. The third kappa shape index (κ3) is 11.5. The van der Waals surface area contributed by atoms with E-state index in [0.29, 0.717) is 41.3 Å². The average molecular weight is 548 g/mol. The van der Waals surface area contributed by atoms with E-state index in [9.17, 15) is 28.0 Å². The van der Waals surface area contributed by atoms with E-state index < -0.39 is 12.0 Å². The van der Waals surface area contributed by atoms with Gasteiger partial charge in [-0.1, -0.05) is 19.1 Å². The van der Waals surface area contributed by atoms with Gasteiger partial charge in [0.05, 0.1) is 35.9 Å². The Morgan fingerprint density at radius 1 is 1.28 bits per heavy atom. The Morgan fingerprint density at radius 3 is 2.46 bits per heavy atom. The van der Waals surface area contributed by atoms with Crippen molar-refractivity contribution < 1.29 is 32.7 Å². The van der Waals surface area contributed by atoms with Gasteiger partial charge in [0.25, 0.3) is 11.8 Å². The van der Waals surface area contributed by atoms with Gasteiger partial charge in [-0.25, -0.2) is 8.78 Å². The summed E-state index contributed by atoms with van der Waals surface area (Å²) in [6, 6.07) is 7.91. The van der Waals surface area contributed by atoms with Gasteiger partial charge in [-0.3, -0.25) is 24.3 Å². The van der Waals surface area contributed by atoms with Crippen LogP contribution in [-0.2, 0) is 19.1 Å². The predicted octanol–water partition coefficient (Wildman–Crippen LogP) is 3.71. The molecule has 0 aliphatic carbocycles. The number of para-hydroxylation sites is 1. The molecule has 1 saturated heterocycles. The number of esters is 1. The normalized spacial score (nSPS) is 15.9. The first-order chi connectivity index (χ1) is 18.3. The van der Waals surface area contributed by atoms with Crippen molar-refractivity contribution in [2.75, 3.05) is 25.5 Å². The molecular formula is C27H35F2N5O5. The van der Waals surface area contributed by atoms with E-state index >= 15 is 0 Å². The number of rotatable bonds is 7. The Morgan fingerprint density at radius 2 is 1.97 bits per heavy atom. The first kappa shape index (κ1) is 33.0. The predicted molar refractivity (Wildman–Crippen MR) is 142 cm³/mol. The van der Waals surface area contributed by atoms with Gasteiger partial charge >= 0.3 is 5.97 Å². The highest BCUT2D eigenvalue weighted by Gasteiger charge is 2.43. The number of nitrogens with one attached hydrogen (secondary N) is 2. The molecule has 1 aromatic heterocycles. The summed E-state index contributed by atoms with van der Waals surface area (Å²) in [5.41, 5.74) is 1.12. The van der Waals surface area contributed by atoms with Gasteiger partial charge in [-0.15, -0.1) is 0 Å². The molecule has 212 valence electrons. The maximum atomic E-state index is 12.4. The van der Waals surface area contributed by atoms with Crippen LogP contribution in [0.1, 0.15) is 57.3 Å². The van der Waals surface area contributed by atoms with E-state index in [2.05, 4.69) is 15.6 Å². The van der Waals surface area contributed by atoms with Gasteiger partial charge < -0.3 is 20.2 Å². The van der Waals surface area contributed by atoms with Gasteiger partial charge in [0.15, 0.2) is 0 Å². The lowest BCUT2D eigenvalue weighted by Gasteiger charge is -2.18. The number of carbonyl (C=O) groups is 4. The topological polar surface area (TPSA) is 141 Å². The standard InChI is InChI=1S/C13H11N3O3.C8H16O2.C6H8F2N2/c17-7-6-15-13(19)10-4-5-14-12-9(10)2-1-3-11(12)16-8-18;1-5-6-7(9)10-8(2,3)4;1-10-4-6(7,8)2-5(10)3-9/h1-5,7-8H,6H2,(H,15,19)(H,16,18);5-6H2,1-4H3;5H,2,4H2,1H3. The molecule has 1 aromatic carbocycles. The van der Waals surface area contributed by atoms with Gasteiger partial charge in [0.2, 0.25) is 6.41 Å². The molecule has 39 heavy (non-hydrogen) atoms. The first-order valence-corrected chi connectivity index (χ1v) is 12.3. The van der Waals surface area contributed by atoms with Crippen LogP contribution in [0.5, 0.6) is 0 Å². The molecule has 2 N–H and O–H groups in total. The van der Waals surface area contributed by atoms with Crippen LogP contribution in [0.2, 0.25) is 0 Å². The third-order valence-electron chi connectivity index (χ3n) is 5.10. The number of aromatic nitrogens is 1. The second kappa shape index (κ2) is 15.4. The molecule has 3 rings (SSSR count). The Kier molecular flexibility index (Phi) is 13.1. The van der Waals surface area contributed by atoms with E-state index in [1.165, 1.54) is 18.1 Å². The Bertz CT molecular complexity index is 1180. The molecule has 2 aromatic rings. The number of anilines is 1. The van der Waals surface area contributed by atoms with E-state index in [4.69, 9.17) is 10.00 Å². The summed E-state index contributed by atoms with van der Waals surface area (Å²) in [5, 5.41) is 13.9. The fourth-order valence-electron chi connectivity index (χ4n) is 3.50. The number of ether oxygens (including phenoxy) is 1. The van der Waals surface area contributed by atoms with Crippen LogP contribution in [-0.4, -0.2) is 72.2 Å². The molecule has 2 amide bonds. The van der Waals surface area contributed by atoms with E-state index in [1.54, 1.807) is 24.3 Å². The molecule has 1 fully saturated rings. The molecule has 0 bridgehead atoms. The minimum atomic E-state index is -2.66. The number of amides is 2. The number of likely N-dealkylation sites (tertiary alicyclic amines) is 1. The molecule has 10 nitrogen and oxygen atoms in total. The number of nitriles is 1. The van der Waals surface area contributed by atoms with Crippen LogP contribution in [0.3, 0.4) is 0 Å². The fraction of sp³-hybridized carbons (Fsp3) is 0.481. The molecule has 12 heteroatoms. The van der Waals surface area contributed by atoms with Crippen LogP contribution in [0.15, 0.2) is 30.5 Å². The zero-order valence-electron chi connectivity index (χ0n) is 22.8. The maximum Gasteiger partial charge on any atom is 0.306 e. The van der Waals surface area contributed by atoms with Crippen LogP contribution in [0.25, 0.3) is 10.9 Å². The summed E-state index contributed by atoms with van der Waals surface area (Å²) >= 11 is 0. The van der Waals surface area contributed by atoms with Crippen molar-refractivity contribution in [3.63, 3.8) is 0 Å². The number of hydrogen-bond donors (Lipinski definition) is 2. The quantitative estimate of drug-likeness (QED) is 0.395. The number of halogens is 2. The zero-order chi connectivity index (χ0) is 29.6. The molecule has 0 spiro atoms. The molecule has 1 aliphatic rings. The SMILES string of the molecule is CCCC(=O)OC(C)(C)C.CN1CC(F)(F)CC1C#N.O=CCNC(=O)c1ccnc2c(NC=O)cccc12. The van der Waals surface area contributed by atoms with Crippen molar-refractivity contribution in [1.29, 1.82) is 5.26 Å². The molecule has 1 aliphatic heterocycles. The van der Waals surface area contributed by atoms with Gasteiger partial charge in [-0.05, 0) is 46.4 Å². The van der Waals surface area contributed by atoms with Crippen LogP contribution in [0.4, 0.5) is 14.5 Å². The first-order valence-electron chi connectivity index (χ1n) is 12.3. The van der Waals surface area contributed by atoms with Crippen molar-refractivity contribution in [2.45, 2.75) is 64.5 Å². The van der Waals surface area contributed by atoms with E-state index in [-0.39, 0.29) is 37.0 Å². The molecule has 0 radical (unpaired) electrons. The Labute approximate surface area is 226 Å². The van der Waals surface area contributed by atoms with Crippen molar-refractivity contribution >= 4 is 41.2 Å². The van der Waals surface area contributed by atoms with Crippen molar-refractivity contribution in [3.05, 3.63) is 36.0 Å². The van der Waals surface area contributed by atoms with Crippen LogP contribution < -0.4 is 10.6 Å². The smallest absolute Gasteiger partial charge is 0.306 e. The lowest BCUT2D eigenvalue weighted by Crippen LogP contribution is -2.25. The summed E-state index contributed by atoms with van der Waals surface area (Å²) in [6.45, 7) is 7.26. The van der Waals surface area contributed by atoms with Crippen molar-refractivity contribution in [3.8, 4) is 6.07 Å². The highest BCUT2D eigenvalue weighted by atomic mass is 19.3. The number of carbonyl (C=O) groups excluding carboxylic acids is 4. The number of benzene rings is 1.